The zero-order valence-electron chi connectivity index (χ0n) is 12.1. The third-order valence-electron chi connectivity index (χ3n) is 4.87. The highest BCUT2D eigenvalue weighted by Gasteiger charge is 2.34. The average Bonchev–Trinajstić information content (AvgIpc) is 3.18. The van der Waals surface area contributed by atoms with Gasteiger partial charge in [0.25, 0.3) is 0 Å². The van der Waals surface area contributed by atoms with Crippen LogP contribution < -0.4 is 10.2 Å². The van der Waals surface area contributed by atoms with Gasteiger partial charge < -0.3 is 10.2 Å². The van der Waals surface area contributed by atoms with E-state index in [0.717, 1.165) is 16.8 Å². The fraction of sp³-hybridized carbons (Fsp3) is 0.471. The number of anilines is 1. The molecule has 2 fully saturated rings. The number of nitrogens with one attached hydrogen (secondary N) is 1. The van der Waals surface area contributed by atoms with E-state index in [9.17, 15) is 0 Å². The molecule has 21 heavy (non-hydrogen) atoms. The summed E-state index contributed by atoms with van der Waals surface area (Å²) in [6.07, 6.45) is 7.11. The highest BCUT2D eigenvalue weighted by molar-refractivity contribution is 9.10. The third kappa shape index (κ3) is 2.34. The molecule has 0 bridgehead atoms. The van der Waals surface area contributed by atoms with E-state index in [1.807, 2.05) is 6.20 Å². The van der Waals surface area contributed by atoms with Gasteiger partial charge in [0.2, 0.25) is 0 Å². The number of nitrogens with zero attached hydrogens (tertiary/aromatic N) is 2. The van der Waals surface area contributed by atoms with Crippen molar-refractivity contribution in [1.82, 2.24) is 10.3 Å². The lowest BCUT2D eigenvalue weighted by Crippen LogP contribution is -2.44. The molecule has 2 aliphatic heterocycles. The van der Waals surface area contributed by atoms with Crippen LogP contribution in [0, 0.1) is 0 Å². The van der Waals surface area contributed by atoms with E-state index in [1.165, 1.54) is 43.0 Å². The molecule has 0 aliphatic carbocycles. The minimum atomic E-state index is 0.601. The lowest BCUT2D eigenvalue weighted by Gasteiger charge is -2.31. The van der Waals surface area contributed by atoms with Crippen molar-refractivity contribution in [2.75, 3.05) is 18.0 Å². The van der Waals surface area contributed by atoms with Crippen molar-refractivity contribution in [1.29, 1.82) is 0 Å². The summed E-state index contributed by atoms with van der Waals surface area (Å²) >= 11 is 3.66. The lowest BCUT2D eigenvalue weighted by atomic mass is 10.0. The quantitative estimate of drug-likeness (QED) is 0.898. The summed E-state index contributed by atoms with van der Waals surface area (Å²) in [6.45, 7) is 2.30. The maximum absolute atomic E-state index is 4.73. The van der Waals surface area contributed by atoms with Gasteiger partial charge in [-0.1, -0.05) is 28.1 Å². The minimum absolute atomic E-state index is 0.601. The average molecular weight is 346 g/mol. The van der Waals surface area contributed by atoms with Gasteiger partial charge in [-0.15, -0.1) is 0 Å². The molecule has 1 N–H and O–H groups in total. The molecule has 1 aromatic carbocycles. The topological polar surface area (TPSA) is 28.2 Å². The maximum Gasteiger partial charge on any atom is 0.136 e. The van der Waals surface area contributed by atoms with Crippen LogP contribution in [0.15, 0.2) is 34.9 Å². The van der Waals surface area contributed by atoms with E-state index in [0.29, 0.717) is 12.1 Å². The first kappa shape index (κ1) is 13.5. The van der Waals surface area contributed by atoms with Crippen LogP contribution in [0.2, 0.25) is 0 Å². The van der Waals surface area contributed by atoms with Gasteiger partial charge in [0.1, 0.15) is 5.82 Å². The van der Waals surface area contributed by atoms with E-state index >= 15 is 0 Å². The summed E-state index contributed by atoms with van der Waals surface area (Å²) in [5, 5.41) is 6.20. The number of aromatic nitrogens is 1. The van der Waals surface area contributed by atoms with Gasteiger partial charge in [0, 0.05) is 40.1 Å². The highest BCUT2D eigenvalue weighted by atomic mass is 79.9. The Kier molecular flexibility index (Phi) is 3.59. The first-order chi connectivity index (χ1) is 10.3. The van der Waals surface area contributed by atoms with Gasteiger partial charge >= 0.3 is 0 Å². The minimum Gasteiger partial charge on any atom is -0.352 e. The fourth-order valence-electron chi connectivity index (χ4n) is 3.90. The molecule has 2 aliphatic rings. The first-order valence-electron chi connectivity index (χ1n) is 7.88. The molecule has 0 saturated carbocycles. The van der Waals surface area contributed by atoms with Crippen LogP contribution >= 0.6 is 15.9 Å². The normalized spacial score (nSPS) is 25.9. The van der Waals surface area contributed by atoms with E-state index in [2.05, 4.69) is 50.4 Å². The molecule has 0 spiro atoms. The lowest BCUT2D eigenvalue weighted by molar-refractivity contribution is 0.481. The SMILES string of the molecule is Brc1cccc2c(N3CCCC3C3CCCN3)nccc12. The molecule has 2 aromatic rings. The van der Waals surface area contributed by atoms with Crippen molar-refractivity contribution >= 4 is 32.5 Å². The van der Waals surface area contributed by atoms with Crippen LogP contribution in [0.1, 0.15) is 25.7 Å². The summed E-state index contributed by atoms with van der Waals surface area (Å²) in [5.74, 6) is 1.16. The van der Waals surface area contributed by atoms with Gasteiger partial charge in [0.15, 0.2) is 0 Å². The molecule has 0 amide bonds. The van der Waals surface area contributed by atoms with E-state index < -0.39 is 0 Å². The summed E-state index contributed by atoms with van der Waals surface area (Å²) in [4.78, 5) is 7.27. The van der Waals surface area contributed by atoms with Gasteiger partial charge in [-0.3, -0.25) is 0 Å². The zero-order chi connectivity index (χ0) is 14.2. The summed E-state index contributed by atoms with van der Waals surface area (Å²) in [6, 6.07) is 9.74. The van der Waals surface area contributed by atoms with Gasteiger partial charge in [-0.2, -0.15) is 0 Å². The van der Waals surface area contributed by atoms with Crippen molar-refractivity contribution in [2.45, 2.75) is 37.8 Å². The Balaban J connectivity index is 1.76. The Morgan fingerprint density at radius 3 is 2.95 bits per heavy atom. The Morgan fingerprint density at radius 1 is 1.14 bits per heavy atom. The van der Waals surface area contributed by atoms with Crippen LogP contribution in [0.4, 0.5) is 5.82 Å². The number of rotatable bonds is 2. The zero-order valence-corrected chi connectivity index (χ0v) is 13.6. The molecule has 4 rings (SSSR count). The molecule has 0 radical (unpaired) electrons. The van der Waals surface area contributed by atoms with Crippen molar-refractivity contribution in [3.63, 3.8) is 0 Å². The number of benzene rings is 1. The van der Waals surface area contributed by atoms with Crippen molar-refractivity contribution in [3.8, 4) is 0 Å². The fourth-order valence-corrected chi connectivity index (χ4v) is 4.39. The molecule has 2 unspecified atom stereocenters. The Labute approximate surface area is 133 Å². The maximum atomic E-state index is 4.73. The van der Waals surface area contributed by atoms with E-state index in [-0.39, 0.29) is 0 Å². The molecule has 3 heterocycles. The van der Waals surface area contributed by atoms with Crippen molar-refractivity contribution < 1.29 is 0 Å². The Morgan fingerprint density at radius 2 is 2.10 bits per heavy atom. The van der Waals surface area contributed by atoms with Gasteiger partial charge in [-0.25, -0.2) is 4.98 Å². The summed E-state index contributed by atoms with van der Waals surface area (Å²) in [7, 11) is 0. The molecular formula is C17H20BrN3. The third-order valence-corrected chi connectivity index (χ3v) is 5.56. The number of pyridine rings is 1. The molecule has 4 heteroatoms. The number of halogens is 1. The van der Waals surface area contributed by atoms with Crippen LogP contribution in [0.3, 0.4) is 0 Å². The van der Waals surface area contributed by atoms with Crippen LogP contribution in [0.25, 0.3) is 10.8 Å². The predicted molar refractivity (Wildman–Crippen MR) is 90.8 cm³/mol. The van der Waals surface area contributed by atoms with E-state index in [4.69, 9.17) is 4.98 Å². The molecule has 2 saturated heterocycles. The molecule has 2 atom stereocenters. The molecule has 3 nitrogen and oxygen atoms in total. The highest BCUT2D eigenvalue weighted by Crippen LogP contribution is 2.35. The molecular weight excluding hydrogens is 326 g/mol. The standard InChI is InChI=1S/C17H20BrN3/c18-14-5-1-4-13-12(14)8-10-20-17(13)21-11-3-7-16(21)15-6-2-9-19-15/h1,4-5,8,10,15-16,19H,2-3,6-7,9,11H2. The number of hydrogen-bond donors (Lipinski definition) is 1. The van der Waals surface area contributed by atoms with Crippen LogP contribution in [-0.2, 0) is 0 Å². The van der Waals surface area contributed by atoms with Crippen molar-refractivity contribution in [3.05, 3.63) is 34.9 Å². The second kappa shape index (κ2) is 5.58. The van der Waals surface area contributed by atoms with E-state index in [1.54, 1.807) is 0 Å². The summed E-state index contributed by atoms with van der Waals surface area (Å²) < 4.78 is 1.15. The van der Waals surface area contributed by atoms with Crippen LogP contribution in [-0.4, -0.2) is 30.2 Å². The number of fused-ring (bicyclic) bond motifs is 1. The second-order valence-corrected chi connectivity index (χ2v) is 6.93. The van der Waals surface area contributed by atoms with Crippen LogP contribution in [0.5, 0.6) is 0 Å². The van der Waals surface area contributed by atoms with Crippen molar-refractivity contribution in [2.24, 2.45) is 0 Å². The smallest absolute Gasteiger partial charge is 0.136 e. The van der Waals surface area contributed by atoms with Gasteiger partial charge in [-0.05, 0) is 44.4 Å². The molecule has 1 aromatic heterocycles. The Hall–Kier alpha value is -1.13. The summed E-state index contributed by atoms with van der Waals surface area (Å²) in [5.41, 5.74) is 0. The second-order valence-electron chi connectivity index (χ2n) is 6.08. The number of hydrogen-bond acceptors (Lipinski definition) is 3. The monoisotopic (exact) mass is 345 g/mol. The Bertz CT molecular complexity index is 652. The largest absolute Gasteiger partial charge is 0.352 e. The molecule has 110 valence electrons. The predicted octanol–water partition coefficient (Wildman–Crippen LogP) is 3.72. The first-order valence-corrected chi connectivity index (χ1v) is 8.67. The van der Waals surface area contributed by atoms with Gasteiger partial charge in [0.05, 0.1) is 0 Å².